The van der Waals surface area contributed by atoms with Crippen molar-refractivity contribution in [3.8, 4) is 11.1 Å². The maximum Gasteiger partial charge on any atom is 0.0529 e. The molecule has 1 aliphatic carbocycles. The molecule has 112 valence electrons. The Hall–Kier alpha value is -1.93. The highest BCUT2D eigenvalue weighted by atomic mass is 15.1. The number of fused-ring (bicyclic) bond motifs is 2. The zero-order valence-electron chi connectivity index (χ0n) is 13.6. The van der Waals surface area contributed by atoms with Crippen molar-refractivity contribution >= 4 is 5.57 Å². The molecule has 0 spiro atoms. The first-order chi connectivity index (χ1) is 10.6. The van der Waals surface area contributed by atoms with Crippen molar-refractivity contribution in [1.82, 2.24) is 9.88 Å². The summed E-state index contributed by atoms with van der Waals surface area (Å²) in [7, 11) is 2.22. The molecule has 0 radical (unpaired) electrons. The van der Waals surface area contributed by atoms with Crippen LogP contribution in [-0.4, -0.2) is 30.0 Å². The second kappa shape index (κ2) is 5.06. The summed E-state index contributed by atoms with van der Waals surface area (Å²) in [4.78, 5) is 7.35. The van der Waals surface area contributed by atoms with Gasteiger partial charge in [-0.1, -0.05) is 30.3 Å². The number of rotatable bonds is 1. The lowest BCUT2D eigenvalue weighted by Gasteiger charge is -2.25. The smallest absolute Gasteiger partial charge is 0.0529 e. The number of hydrogen-bond acceptors (Lipinski definition) is 2. The minimum atomic E-state index is 1.04. The van der Waals surface area contributed by atoms with Crippen LogP contribution in [0.4, 0.5) is 0 Å². The summed E-state index contributed by atoms with van der Waals surface area (Å²) in [5, 5.41) is 0. The van der Waals surface area contributed by atoms with E-state index in [1.165, 1.54) is 33.6 Å². The van der Waals surface area contributed by atoms with Crippen LogP contribution in [-0.2, 0) is 6.42 Å². The van der Waals surface area contributed by atoms with E-state index < -0.39 is 0 Å². The molecule has 1 aliphatic heterocycles. The quantitative estimate of drug-likeness (QED) is 0.789. The molecule has 1 aromatic heterocycles. The van der Waals surface area contributed by atoms with Crippen molar-refractivity contribution < 1.29 is 0 Å². The number of pyridine rings is 1. The molecule has 2 heteroatoms. The summed E-state index contributed by atoms with van der Waals surface area (Å²) in [6, 6.07) is 10.8. The van der Waals surface area contributed by atoms with E-state index in [9.17, 15) is 0 Å². The number of likely N-dealkylation sites (N-methyl/N-ethyl adjacent to an activating group) is 1. The molecule has 0 N–H and O–H groups in total. The van der Waals surface area contributed by atoms with Gasteiger partial charge >= 0.3 is 0 Å². The Morgan fingerprint density at radius 2 is 1.82 bits per heavy atom. The third-order valence-corrected chi connectivity index (χ3v) is 5.14. The Labute approximate surface area is 132 Å². The van der Waals surface area contributed by atoms with Crippen LogP contribution in [0.1, 0.15) is 28.9 Å². The molecule has 0 unspecified atom stereocenters. The Kier molecular flexibility index (Phi) is 3.16. The number of nitrogens with zero attached hydrogens (tertiary/aromatic N) is 2. The van der Waals surface area contributed by atoms with E-state index in [0.717, 1.165) is 25.9 Å². The zero-order chi connectivity index (χ0) is 15.3. The highest BCUT2D eigenvalue weighted by Gasteiger charge is 2.30. The summed E-state index contributed by atoms with van der Waals surface area (Å²) in [5.74, 6) is 0. The molecule has 0 bridgehead atoms. The molecule has 2 heterocycles. The summed E-state index contributed by atoms with van der Waals surface area (Å²) >= 11 is 0. The molecule has 1 aromatic carbocycles. The maximum absolute atomic E-state index is 4.93. The lowest BCUT2D eigenvalue weighted by atomic mass is 9.89. The van der Waals surface area contributed by atoms with Gasteiger partial charge in [0.15, 0.2) is 0 Å². The lowest BCUT2D eigenvalue weighted by molar-refractivity contribution is 0.358. The lowest BCUT2D eigenvalue weighted by Crippen LogP contribution is -2.26. The number of aromatic nitrogens is 1. The van der Waals surface area contributed by atoms with Gasteiger partial charge in [-0.15, -0.1) is 0 Å². The average molecular weight is 290 g/mol. The van der Waals surface area contributed by atoms with E-state index in [1.807, 2.05) is 0 Å². The van der Waals surface area contributed by atoms with Crippen molar-refractivity contribution in [3.63, 3.8) is 0 Å². The van der Waals surface area contributed by atoms with Gasteiger partial charge in [0.25, 0.3) is 0 Å². The highest BCUT2D eigenvalue weighted by molar-refractivity contribution is 5.89. The molecule has 2 aliphatic rings. The van der Waals surface area contributed by atoms with Crippen LogP contribution < -0.4 is 0 Å². The Morgan fingerprint density at radius 3 is 2.59 bits per heavy atom. The topological polar surface area (TPSA) is 16.1 Å². The largest absolute Gasteiger partial charge is 0.302 e. The van der Waals surface area contributed by atoms with Crippen molar-refractivity contribution in [1.29, 1.82) is 0 Å². The molecular formula is C20H22N2. The Balaban J connectivity index is 1.97. The predicted octanol–water partition coefficient (Wildman–Crippen LogP) is 4.01. The van der Waals surface area contributed by atoms with Gasteiger partial charge in [0.05, 0.1) is 5.69 Å². The Bertz CT molecular complexity index is 772. The molecule has 0 atom stereocenters. The molecule has 2 aromatic rings. The summed E-state index contributed by atoms with van der Waals surface area (Å²) in [6.07, 6.45) is 2.19. The van der Waals surface area contributed by atoms with Gasteiger partial charge in [0.2, 0.25) is 0 Å². The predicted molar refractivity (Wildman–Crippen MR) is 91.9 cm³/mol. The van der Waals surface area contributed by atoms with Crippen LogP contribution in [0.5, 0.6) is 0 Å². The molecule has 0 saturated carbocycles. The number of hydrogen-bond donors (Lipinski definition) is 0. The number of benzene rings is 1. The Morgan fingerprint density at radius 1 is 1.05 bits per heavy atom. The van der Waals surface area contributed by atoms with Gasteiger partial charge in [-0.05, 0) is 55.2 Å². The molecule has 2 nitrogen and oxygen atoms in total. The van der Waals surface area contributed by atoms with Crippen LogP contribution in [0.2, 0.25) is 0 Å². The first-order valence-corrected chi connectivity index (χ1v) is 8.10. The van der Waals surface area contributed by atoms with E-state index in [1.54, 1.807) is 11.1 Å². The third-order valence-electron chi connectivity index (χ3n) is 5.14. The minimum Gasteiger partial charge on any atom is -0.302 e. The molecule has 4 rings (SSSR count). The van der Waals surface area contributed by atoms with E-state index >= 15 is 0 Å². The van der Waals surface area contributed by atoms with Crippen LogP contribution in [0.25, 0.3) is 16.7 Å². The van der Waals surface area contributed by atoms with Gasteiger partial charge < -0.3 is 4.90 Å². The normalized spacial score (nSPS) is 17.6. The summed E-state index contributed by atoms with van der Waals surface area (Å²) in [5.41, 5.74) is 11.1. The van der Waals surface area contributed by atoms with Gasteiger partial charge in [-0.2, -0.15) is 0 Å². The van der Waals surface area contributed by atoms with Gasteiger partial charge in [-0.3, -0.25) is 4.98 Å². The molecule has 22 heavy (non-hydrogen) atoms. The molecular weight excluding hydrogens is 268 g/mol. The van der Waals surface area contributed by atoms with E-state index in [0.29, 0.717) is 0 Å². The molecule has 0 amide bonds. The third kappa shape index (κ3) is 2.02. The van der Waals surface area contributed by atoms with Crippen molar-refractivity contribution in [2.75, 3.05) is 20.1 Å². The highest BCUT2D eigenvalue weighted by Crippen LogP contribution is 2.44. The van der Waals surface area contributed by atoms with Crippen molar-refractivity contribution in [2.45, 2.75) is 26.7 Å². The van der Waals surface area contributed by atoms with Gasteiger partial charge in [-0.25, -0.2) is 0 Å². The average Bonchev–Trinajstić information content (AvgIpc) is 2.86. The second-order valence-corrected chi connectivity index (χ2v) is 6.63. The van der Waals surface area contributed by atoms with E-state index in [4.69, 9.17) is 4.98 Å². The molecule has 0 saturated heterocycles. The molecule has 0 fully saturated rings. The first kappa shape index (κ1) is 13.7. The standard InChI is InChI=1S/C20H22N2/c1-13-14(2)21-18-11-16-12-22(3)10-9-17(16)20(18)19(13)15-7-5-4-6-8-15/h4-8H,9-12H2,1-3H3. The van der Waals surface area contributed by atoms with Crippen LogP contribution in [0.15, 0.2) is 35.9 Å². The SMILES string of the molecule is Cc1nc2c(c(-c3ccccc3)c1C)C1=C(C2)CN(C)CC1. The summed E-state index contributed by atoms with van der Waals surface area (Å²) in [6.45, 7) is 6.61. The fraction of sp³-hybridized carbons (Fsp3) is 0.350. The van der Waals surface area contributed by atoms with Crippen LogP contribution in [0.3, 0.4) is 0 Å². The van der Waals surface area contributed by atoms with E-state index in [2.05, 4.69) is 56.1 Å². The number of aryl methyl sites for hydroxylation is 1. The fourth-order valence-electron chi connectivity index (χ4n) is 3.92. The van der Waals surface area contributed by atoms with Crippen LogP contribution in [0, 0.1) is 13.8 Å². The van der Waals surface area contributed by atoms with Gasteiger partial charge in [0, 0.05) is 30.8 Å². The van der Waals surface area contributed by atoms with Crippen molar-refractivity contribution in [3.05, 3.63) is 58.4 Å². The zero-order valence-corrected chi connectivity index (χ0v) is 13.6. The minimum absolute atomic E-state index is 1.04. The second-order valence-electron chi connectivity index (χ2n) is 6.63. The summed E-state index contributed by atoms with van der Waals surface area (Å²) < 4.78 is 0. The first-order valence-electron chi connectivity index (χ1n) is 8.10. The van der Waals surface area contributed by atoms with E-state index in [-0.39, 0.29) is 0 Å². The van der Waals surface area contributed by atoms with Crippen molar-refractivity contribution in [2.24, 2.45) is 0 Å². The van der Waals surface area contributed by atoms with Gasteiger partial charge in [0.1, 0.15) is 0 Å². The monoisotopic (exact) mass is 290 g/mol. The fourth-order valence-corrected chi connectivity index (χ4v) is 3.92. The maximum atomic E-state index is 4.93. The van der Waals surface area contributed by atoms with Crippen LogP contribution >= 0.6 is 0 Å².